The highest BCUT2D eigenvalue weighted by Crippen LogP contribution is 2.25. The molecular formula is C23H18Cl2O3S2. The van der Waals surface area contributed by atoms with Gasteiger partial charge in [-0.25, -0.2) is 8.42 Å². The van der Waals surface area contributed by atoms with Crippen LogP contribution >= 0.6 is 35.0 Å². The van der Waals surface area contributed by atoms with Crippen molar-refractivity contribution < 1.29 is 13.2 Å². The minimum Gasteiger partial charge on any atom is -0.288 e. The molecule has 0 N–H and O–H groups in total. The van der Waals surface area contributed by atoms with Crippen molar-refractivity contribution in [1.29, 1.82) is 0 Å². The molecule has 3 aromatic carbocycles. The average Bonchev–Trinajstić information content (AvgIpc) is 2.74. The standard InChI is InChI=1S/C23H18Cl2O3S2/c1-29-21-12-4-16(5-13-21)14-22(23(26)18-6-10-20(25)11-7-18)30(27,28)15-17-2-8-19(24)9-3-17/h2-14H,15H2,1H3/b22-14+. The van der Waals surface area contributed by atoms with Crippen molar-refractivity contribution in [3.05, 3.63) is 104 Å². The third-order valence-electron chi connectivity index (χ3n) is 4.35. The first kappa shape index (κ1) is 22.6. The van der Waals surface area contributed by atoms with Gasteiger partial charge in [0.05, 0.1) is 5.75 Å². The number of carbonyl (C=O) groups excluding carboxylic acids is 1. The van der Waals surface area contributed by atoms with Crippen LogP contribution in [0.15, 0.2) is 82.6 Å². The highest BCUT2D eigenvalue weighted by molar-refractivity contribution is 7.98. The number of allylic oxidation sites excluding steroid dienone is 1. The lowest BCUT2D eigenvalue weighted by atomic mass is 10.1. The van der Waals surface area contributed by atoms with E-state index in [1.807, 2.05) is 18.4 Å². The summed E-state index contributed by atoms with van der Waals surface area (Å²) in [5.74, 6) is -0.882. The van der Waals surface area contributed by atoms with Gasteiger partial charge in [0, 0.05) is 20.5 Å². The molecule has 0 amide bonds. The Morgan fingerprint density at radius 3 is 1.93 bits per heavy atom. The van der Waals surface area contributed by atoms with Crippen molar-refractivity contribution in [3.63, 3.8) is 0 Å². The number of thioether (sulfide) groups is 1. The molecule has 0 aliphatic rings. The fraction of sp³-hybridized carbons (Fsp3) is 0.0870. The summed E-state index contributed by atoms with van der Waals surface area (Å²) in [5.41, 5.74) is 1.43. The number of sulfone groups is 1. The molecule has 0 bridgehead atoms. The Kier molecular flexibility index (Phi) is 7.42. The summed E-state index contributed by atoms with van der Waals surface area (Å²) in [6, 6.07) is 20.0. The first-order valence-electron chi connectivity index (χ1n) is 8.92. The summed E-state index contributed by atoms with van der Waals surface area (Å²) in [6.45, 7) is 0. The number of carbonyl (C=O) groups is 1. The van der Waals surface area contributed by atoms with Gasteiger partial charge >= 0.3 is 0 Å². The lowest BCUT2D eigenvalue weighted by molar-refractivity contribution is 0.104. The Morgan fingerprint density at radius 2 is 1.40 bits per heavy atom. The minimum atomic E-state index is -3.93. The summed E-state index contributed by atoms with van der Waals surface area (Å²) in [4.78, 5) is 13.9. The van der Waals surface area contributed by atoms with Crippen molar-refractivity contribution in [2.75, 3.05) is 6.26 Å². The van der Waals surface area contributed by atoms with Crippen LogP contribution in [-0.2, 0) is 15.6 Å². The van der Waals surface area contributed by atoms with Crippen LogP contribution in [0.1, 0.15) is 21.5 Å². The van der Waals surface area contributed by atoms with E-state index in [-0.39, 0.29) is 16.2 Å². The Labute approximate surface area is 190 Å². The van der Waals surface area contributed by atoms with Crippen LogP contribution in [0.5, 0.6) is 0 Å². The zero-order valence-electron chi connectivity index (χ0n) is 16.0. The molecule has 0 aliphatic heterocycles. The number of Topliss-reactive ketones (excluding diaryl/α,β-unsaturated/α-hetero) is 1. The Morgan fingerprint density at radius 1 is 0.867 bits per heavy atom. The molecule has 30 heavy (non-hydrogen) atoms. The van der Waals surface area contributed by atoms with Gasteiger partial charge in [-0.1, -0.05) is 47.5 Å². The van der Waals surface area contributed by atoms with E-state index in [1.165, 1.54) is 18.2 Å². The van der Waals surface area contributed by atoms with Gasteiger partial charge in [0.1, 0.15) is 4.91 Å². The van der Waals surface area contributed by atoms with E-state index in [1.54, 1.807) is 60.3 Å². The third kappa shape index (κ3) is 5.76. The maximum Gasteiger partial charge on any atom is 0.204 e. The molecule has 3 rings (SSSR count). The molecule has 0 unspecified atom stereocenters. The first-order chi connectivity index (χ1) is 14.3. The molecule has 7 heteroatoms. The van der Waals surface area contributed by atoms with E-state index in [4.69, 9.17) is 23.2 Å². The molecule has 0 saturated carbocycles. The van der Waals surface area contributed by atoms with Gasteiger partial charge in [0.2, 0.25) is 5.78 Å². The second-order valence-electron chi connectivity index (χ2n) is 6.50. The number of rotatable bonds is 7. The second-order valence-corrected chi connectivity index (χ2v) is 10.2. The van der Waals surface area contributed by atoms with Gasteiger partial charge < -0.3 is 0 Å². The van der Waals surface area contributed by atoms with E-state index in [0.29, 0.717) is 21.2 Å². The second kappa shape index (κ2) is 9.84. The zero-order chi connectivity index (χ0) is 21.7. The number of hydrogen-bond donors (Lipinski definition) is 0. The van der Waals surface area contributed by atoms with Crippen LogP contribution in [0.2, 0.25) is 10.0 Å². The average molecular weight is 477 g/mol. The molecular weight excluding hydrogens is 459 g/mol. The van der Waals surface area contributed by atoms with Gasteiger partial charge in [-0.05, 0) is 72.0 Å². The first-order valence-corrected chi connectivity index (χ1v) is 12.5. The summed E-state index contributed by atoms with van der Waals surface area (Å²) >= 11 is 13.4. The molecule has 0 atom stereocenters. The van der Waals surface area contributed by atoms with Crippen LogP contribution in [-0.4, -0.2) is 20.5 Å². The predicted octanol–water partition coefficient (Wildman–Crippen LogP) is 6.55. The Balaban J connectivity index is 2.05. The molecule has 0 radical (unpaired) electrons. The number of ketones is 1. The van der Waals surface area contributed by atoms with E-state index in [9.17, 15) is 13.2 Å². The Bertz CT molecular complexity index is 1170. The molecule has 0 saturated heterocycles. The van der Waals surface area contributed by atoms with E-state index in [0.717, 1.165) is 4.90 Å². The van der Waals surface area contributed by atoms with Crippen molar-refractivity contribution in [2.45, 2.75) is 10.6 Å². The molecule has 0 aromatic heterocycles. The molecule has 0 fully saturated rings. The predicted molar refractivity (Wildman–Crippen MR) is 126 cm³/mol. The topological polar surface area (TPSA) is 51.2 Å². The van der Waals surface area contributed by atoms with Crippen LogP contribution in [0.25, 0.3) is 6.08 Å². The zero-order valence-corrected chi connectivity index (χ0v) is 19.2. The van der Waals surface area contributed by atoms with Crippen molar-refractivity contribution >= 4 is 56.7 Å². The molecule has 0 aliphatic carbocycles. The molecule has 3 nitrogen and oxygen atoms in total. The fourth-order valence-corrected chi connectivity index (χ4v) is 4.93. The van der Waals surface area contributed by atoms with Crippen LogP contribution in [0.3, 0.4) is 0 Å². The molecule has 0 spiro atoms. The van der Waals surface area contributed by atoms with Gasteiger partial charge in [-0.2, -0.15) is 0 Å². The lowest BCUT2D eigenvalue weighted by Gasteiger charge is -2.10. The summed E-state index contributed by atoms with van der Waals surface area (Å²) in [5, 5.41) is 0.979. The maximum absolute atomic E-state index is 13.2. The van der Waals surface area contributed by atoms with E-state index >= 15 is 0 Å². The fourth-order valence-electron chi connectivity index (χ4n) is 2.77. The smallest absolute Gasteiger partial charge is 0.204 e. The molecule has 0 heterocycles. The summed E-state index contributed by atoms with van der Waals surface area (Å²) in [7, 11) is -3.93. The SMILES string of the molecule is CSc1ccc(/C=C(\C(=O)c2ccc(Cl)cc2)S(=O)(=O)Cc2ccc(Cl)cc2)cc1. The maximum atomic E-state index is 13.2. The molecule has 3 aromatic rings. The molecule has 154 valence electrons. The number of hydrogen-bond acceptors (Lipinski definition) is 4. The summed E-state index contributed by atoms with van der Waals surface area (Å²) < 4.78 is 26.5. The highest BCUT2D eigenvalue weighted by Gasteiger charge is 2.26. The van der Waals surface area contributed by atoms with Crippen molar-refractivity contribution in [2.24, 2.45) is 0 Å². The highest BCUT2D eigenvalue weighted by atomic mass is 35.5. The van der Waals surface area contributed by atoms with Crippen LogP contribution < -0.4 is 0 Å². The largest absolute Gasteiger partial charge is 0.288 e. The summed E-state index contributed by atoms with van der Waals surface area (Å²) in [6.07, 6.45) is 3.38. The Hall–Kier alpha value is -2.05. The number of halogens is 2. The van der Waals surface area contributed by atoms with Crippen LogP contribution in [0, 0.1) is 0 Å². The lowest BCUT2D eigenvalue weighted by Crippen LogP contribution is -2.16. The van der Waals surface area contributed by atoms with Gasteiger partial charge in [0.15, 0.2) is 9.84 Å². The minimum absolute atomic E-state index is 0.256. The van der Waals surface area contributed by atoms with Gasteiger partial charge in [-0.15, -0.1) is 11.8 Å². The van der Waals surface area contributed by atoms with Crippen molar-refractivity contribution in [3.8, 4) is 0 Å². The third-order valence-corrected chi connectivity index (χ3v) is 7.28. The normalized spacial score (nSPS) is 12.0. The monoisotopic (exact) mass is 476 g/mol. The van der Waals surface area contributed by atoms with Gasteiger partial charge in [0.25, 0.3) is 0 Å². The quantitative estimate of drug-likeness (QED) is 0.220. The van der Waals surface area contributed by atoms with Gasteiger partial charge in [-0.3, -0.25) is 4.79 Å². The van der Waals surface area contributed by atoms with Crippen molar-refractivity contribution in [1.82, 2.24) is 0 Å². The van der Waals surface area contributed by atoms with E-state index in [2.05, 4.69) is 0 Å². The van der Waals surface area contributed by atoms with Crippen LogP contribution in [0.4, 0.5) is 0 Å². The number of benzene rings is 3. The van der Waals surface area contributed by atoms with E-state index < -0.39 is 15.6 Å².